The average molecular weight is 298 g/mol. The van der Waals surface area contributed by atoms with Gasteiger partial charge in [-0.25, -0.2) is 0 Å². The van der Waals surface area contributed by atoms with Gasteiger partial charge in [-0.15, -0.1) is 0 Å². The van der Waals surface area contributed by atoms with Gasteiger partial charge in [0.2, 0.25) is 17.2 Å². The van der Waals surface area contributed by atoms with Gasteiger partial charge in [0.1, 0.15) is 0 Å². The Morgan fingerprint density at radius 2 is 1.80 bits per heavy atom. The molecule has 6 heteroatoms. The smallest absolute Gasteiger partial charge is 0.229 e. The Morgan fingerprint density at radius 3 is 2.45 bits per heavy atom. The number of aromatic nitrogens is 3. The number of hydrogen-bond donors (Lipinski definition) is 2. The second kappa shape index (κ2) is 6.57. The van der Waals surface area contributed by atoms with E-state index in [0.717, 1.165) is 25.8 Å². The molecule has 2 N–H and O–H groups in total. The summed E-state index contributed by atoms with van der Waals surface area (Å²) in [5, 5.41) is 6.76. The predicted molar refractivity (Wildman–Crippen MR) is 83.3 cm³/mol. The minimum atomic E-state index is 0.234. The monoisotopic (exact) mass is 297 g/mol. The molecule has 0 radical (unpaired) electrons. The normalized spacial score (nSPS) is 18.8. The van der Waals surface area contributed by atoms with Crippen LogP contribution in [0.1, 0.15) is 52.9 Å². The van der Waals surface area contributed by atoms with Crippen LogP contribution in [0.15, 0.2) is 0 Å². The zero-order chi connectivity index (χ0) is 14.6. The van der Waals surface area contributed by atoms with Crippen molar-refractivity contribution < 1.29 is 0 Å². The molecule has 5 nitrogen and oxygen atoms in total. The van der Waals surface area contributed by atoms with Crippen molar-refractivity contribution in [3.05, 3.63) is 5.28 Å². The third-order valence-electron chi connectivity index (χ3n) is 3.81. The molecule has 1 fully saturated rings. The van der Waals surface area contributed by atoms with Crippen LogP contribution in [-0.4, -0.2) is 27.5 Å². The molecule has 2 rings (SSSR count). The minimum absolute atomic E-state index is 0.234. The maximum atomic E-state index is 5.95. The first-order valence-corrected chi connectivity index (χ1v) is 7.78. The highest BCUT2D eigenvalue weighted by molar-refractivity contribution is 6.28. The molecule has 1 aromatic rings. The third-order valence-corrected chi connectivity index (χ3v) is 3.98. The Morgan fingerprint density at radius 1 is 1.15 bits per heavy atom. The number of nitrogens with one attached hydrogen (secondary N) is 2. The minimum Gasteiger partial charge on any atom is -0.354 e. The van der Waals surface area contributed by atoms with Crippen molar-refractivity contribution in [2.75, 3.05) is 17.2 Å². The molecule has 0 bridgehead atoms. The summed E-state index contributed by atoms with van der Waals surface area (Å²) in [5.41, 5.74) is 0.461. The van der Waals surface area contributed by atoms with Crippen molar-refractivity contribution in [3.8, 4) is 0 Å². The van der Waals surface area contributed by atoms with Crippen LogP contribution in [0.25, 0.3) is 0 Å². The van der Waals surface area contributed by atoms with Crippen molar-refractivity contribution in [1.29, 1.82) is 0 Å². The lowest BCUT2D eigenvalue weighted by molar-refractivity contribution is 0.232. The second-order valence-corrected chi connectivity index (χ2v) is 6.60. The fraction of sp³-hybridized carbons (Fsp3) is 0.786. The number of hydrogen-bond acceptors (Lipinski definition) is 5. The molecule has 0 aromatic carbocycles. The summed E-state index contributed by atoms with van der Waals surface area (Å²) in [6.45, 7) is 7.59. The molecule has 0 spiro atoms. The van der Waals surface area contributed by atoms with Gasteiger partial charge in [-0.05, 0) is 49.1 Å². The first-order valence-electron chi connectivity index (χ1n) is 7.40. The van der Waals surface area contributed by atoms with E-state index in [1.165, 1.54) is 12.8 Å². The van der Waals surface area contributed by atoms with Gasteiger partial charge < -0.3 is 10.6 Å². The van der Waals surface area contributed by atoms with Crippen molar-refractivity contribution in [3.63, 3.8) is 0 Å². The van der Waals surface area contributed by atoms with E-state index in [0.29, 0.717) is 23.4 Å². The van der Waals surface area contributed by atoms with Gasteiger partial charge in [-0.2, -0.15) is 15.0 Å². The summed E-state index contributed by atoms with van der Waals surface area (Å²) < 4.78 is 0. The SMILES string of the molecule is CCCNc1nc(Cl)nc(NC2CCC(C)(C)CC2)n1. The molecule has 20 heavy (non-hydrogen) atoms. The number of halogens is 1. The highest BCUT2D eigenvalue weighted by Gasteiger charge is 2.27. The molecule has 0 amide bonds. The summed E-state index contributed by atoms with van der Waals surface area (Å²) in [4.78, 5) is 12.6. The highest BCUT2D eigenvalue weighted by Crippen LogP contribution is 2.35. The summed E-state index contributed by atoms with van der Waals surface area (Å²) in [6, 6.07) is 0.431. The van der Waals surface area contributed by atoms with Crippen LogP contribution in [0.2, 0.25) is 5.28 Å². The lowest BCUT2D eigenvalue weighted by Gasteiger charge is -2.34. The van der Waals surface area contributed by atoms with E-state index in [1.54, 1.807) is 0 Å². The maximum Gasteiger partial charge on any atom is 0.229 e. The topological polar surface area (TPSA) is 62.7 Å². The van der Waals surface area contributed by atoms with E-state index in [-0.39, 0.29) is 5.28 Å². The molecule has 0 aliphatic heterocycles. The molecule has 112 valence electrons. The van der Waals surface area contributed by atoms with E-state index < -0.39 is 0 Å². The molecule has 1 heterocycles. The molecule has 0 saturated heterocycles. The van der Waals surface area contributed by atoms with Crippen LogP contribution in [0.4, 0.5) is 11.9 Å². The third kappa shape index (κ3) is 4.47. The zero-order valence-corrected chi connectivity index (χ0v) is 13.3. The molecule has 0 atom stereocenters. The number of anilines is 2. The fourth-order valence-electron chi connectivity index (χ4n) is 2.46. The Bertz CT molecular complexity index is 439. The van der Waals surface area contributed by atoms with E-state index in [9.17, 15) is 0 Å². The summed E-state index contributed by atoms with van der Waals surface area (Å²) >= 11 is 5.95. The molecule has 1 aliphatic rings. The average Bonchev–Trinajstić information content (AvgIpc) is 2.38. The van der Waals surface area contributed by atoms with Gasteiger partial charge >= 0.3 is 0 Å². The molecule has 0 unspecified atom stereocenters. The lowest BCUT2D eigenvalue weighted by Crippen LogP contribution is -2.30. The van der Waals surface area contributed by atoms with Crippen molar-refractivity contribution in [2.24, 2.45) is 5.41 Å². The van der Waals surface area contributed by atoms with E-state index in [4.69, 9.17) is 11.6 Å². The van der Waals surface area contributed by atoms with Gasteiger partial charge in [0, 0.05) is 12.6 Å². The van der Waals surface area contributed by atoms with Crippen LogP contribution in [0.3, 0.4) is 0 Å². The lowest BCUT2D eigenvalue weighted by atomic mass is 9.76. The summed E-state index contributed by atoms with van der Waals surface area (Å²) in [6.07, 6.45) is 5.76. The van der Waals surface area contributed by atoms with Crippen LogP contribution < -0.4 is 10.6 Å². The number of nitrogens with zero attached hydrogens (tertiary/aromatic N) is 3. The van der Waals surface area contributed by atoms with E-state index in [1.807, 2.05) is 0 Å². The van der Waals surface area contributed by atoms with Gasteiger partial charge in [0.25, 0.3) is 0 Å². The van der Waals surface area contributed by atoms with Crippen molar-refractivity contribution >= 4 is 23.5 Å². The van der Waals surface area contributed by atoms with Gasteiger partial charge in [-0.3, -0.25) is 0 Å². The van der Waals surface area contributed by atoms with Crippen LogP contribution in [0.5, 0.6) is 0 Å². The second-order valence-electron chi connectivity index (χ2n) is 6.26. The van der Waals surface area contributed by atoms with Gasteiger partial charge in [0.15, 0.2) is 0 Å². The molecule has 1 aromatic heterocycles. The number of rotatable bonds is 5. The first kappa shape index (κ1) is 15.3. The predicted octanol–water partition coefficient (Wildman–Crippen LogP) is 3.73. The Labute approximate surface area is 126 Å². The molecular weight excluding hydrogens is 274 g/mol. The van der Waals surface area contributed by atoms with Crippen molar-refractivity contribution in [1.82, 2.24) is 15.0 Å². The van der Waals surface area contributed by atoms with E-state index >= 15 is 0 Å². The molecule has 1 aliphatic carbocycles. The Hall–Kier alpha value is -1.10. The van der Waals surface area contributed by atoms with Gasteiger partial charge in [-0.1, -0.05) is 20.8 Å². The van der Waals surface area contributed by atoms with Crippen LogP contribution in [0, 0.1) is 5.41 Å². The van der Waals surface area contributed by atoms with E-state index in [2.05, 4.69) is 46.4 Å². The van der Waals surface area contributed by atoms with Crippen molar-refractivity contribution in [2.45, 2.75) is 58.9 Å². The Balaban J connectivity index is 1.97. The summed E-state index contributed by atoms with van der Waals surface area (Å²) in [7, 11) is 0. The molecular formula is C14H24ClN5. The highest BCUT2D eigenvalue weighted by atomic mass is 35.5. The largest absolute Gasteiger partial charge is 0.354 e. The standard InChI is InChI=1S/C14H24ClN5/c1-4-9-16-12-18-11(15)19-13(20-12)17-10-5-7-14(2,3)8-6-10/h10H,4-9H2,1-3H3,(H2,16,17,18,19,20). The molecule has 1 saturated carbocycles. The van der Waals surface area contributed by atoms with Crippen LogP contribution >= 0.6 is 11.6 Å². The summed E-state index contributed by atoms with van der Waals surface area (Å²) in [5.74, 6) is 1.12. The quantitative estimate of drug-likeness (QED) is 0.867. The van der Waals surface area contributed by atoms with Crippen LogP contribution in [-0.2, 0) is 0 Å². The maximum absolute atomic E-state index is 5.95. The first-order chi connectivity index (χ1) is 9.48. The fourth-order valence-corrected chi connectivity index (χ4v) is 2.62. The van der Waals surface area contributed by atoms with Gasteiger partial charge in [0.05, 0.1) is 0 Å². The zero-order valence-electron chi connectivity index (χ0n) is 12.5. The Kier molecular flexibility index (Phi) is 5.02.